The topological polar surface area (TPSA) is 17.8 Å². The third-order valence-electron chi connectivity index (χ3n) is 3.24. The maximum absolute atomic E-state index is 12.6. The lowest BCUT2D eigenvalue weighted by atomic mass is 10.1. The minimum absolute atomic E-state index is 0.597. The van der Waals surface area contributed by atoms with E-state index in [4.69, 9.17) is 0 Å². The van der Waals surface area contributed by atoms with Gasteiger partial charge in [-0.15, -0.1) is 0 Å². The zero-order valence-corrected chi connectivity index (χ0v) is 12.3. The van der Waals surface area contributed by atoms with Gasteiger partial charge < -0.3 is 0 Å². The van der Waals surface area contributed by atoms with Gasteiger partial charge in [0.1, 0.15) is 0 Å². The van der Waals surface area contributed by atoms with Crippen molar-refractivity contribution in [3.8, 4) is 5.69 Å². The molecule has 0 aliphatic rings. The van der Waals surface area contributed by atoms with Crippen molar-refractivity contribution in [3.05, 3.63) is 59.8 Å². The first-order chi connectivity index (χ1) is 9.99. The highest BCUT2D eigenvalue weighted by Crippen LogP contribution is 2.30. The molecule has 1 heterocycles. The van der Waals surface area contributed by atoms with Crippen molar-refractivity contribution >= 4 is 26.8 Å². The molecule has 1 aromatic heterocycles. The van der Waals surface area contributed by atoms with E-state index in [1.807, 2.05) is 24.4 Å². The van der Waals surface area contributed by atoms with Gasteiger partial charge in [-0.25, -0.2) is 4.68 Å². The molecule has 0 spiro atoms. The largest absolute Gasteiger partial charge is 0.416 e. The van der Waals surface area contributed by atoms with E-state index in [9.17, 15) is 13.2 Å². The number of fused-ring (bicyclic) bond motifs is 1. The van der Waals surface area contributed by atoms with Crippen LogP contribution in [0.4, 0.5) is 13.2 Å². The minimum Gasteiger partial charge on any atom is -0.240 e. The molecule has 21 heavy (non-hydrogen) atoms. The predicted octanol–water partition coefficient (Wildman–Crippen LogP) is 4.94. The van der Waals surface area contributed by atoms with Crippen molar-refractivity contribution in [3.63, 3.8) is 0 Å². The number of benzene rings is 2. The monoisotopic (exact) mass is 354 g/mol. The van der Waals surface area contributed by atoms with Crippen molar-refractivity contribution in [2.24, 2.45) is 0 Å². The van der Waals surface area contributed by atoms with Crippen molar-refractivity contribution in [2.45, 2.75) is 11.5 Å². The minimum atomic E-state index is -4.32. The second kappa shape index (κ2) is 5.18. The summed E-state index contributed by atoms with van der Waals surface area (Å²) in [6.45, 7) is 0. The molecule has 0 radical (unpaired) electrons. The molecular weight excluding hydrogens is 345 g/mol. The second-order valence-electron chi connectivity index (χ2n) is 4.60. The number of rotatable bonds is 2. The summed E-state index contributed by atoms with van der Waals surface area (Å²) in [5.41, 5.74) is 1.83. The molecule has 0 unspecified atom stereocenters. The van der Waals surface area contributed by atoms with Crippen LogP contribution in [0.1, 0.15) is 11.1 Å². The normalized spacial score (nSPS) is 12.0. The number of nitrogens with zero attached hydrogens (tertiary/aromatic N) is 2. The lowest BCUT2D eigenvalue weighted by Gasteiger charge is -2.07. The van der Waals surface area contributed by atoms with Crippen LogP contribution in [0.2, 0.25) is 0 Å². The molecular formula is C15H10BrF3N2. The maximum Gasteiger partial charge on any atom is 0.416 e. The molecule has 2 nitrogen and oxygen atoms in total. The Morgan fingerprint density at radius 2 is 1.76 bits per heavy atom. The van der Waals surface area contributed by atoms with E-state index >= 15 is 0 Å². The number of alkyl halides is 4. The highest BCUT2D eigenvalue weighted by molar-refractivity contribution is 9.08. The number of halogens is 4. The van der Waals surface area contributed by atoms with Gasteiger partial charge in [0.2, 0.25) is 0 Å². The third kappa shape index (κ3) is 2.68. The van der Waals surface area contributed by atoms with E-state index in [-0.39, 0.29) is 0 Å². The fraction of sp³-hybridized carbons (Fsp3) is 0.133. The molecule has 6 heteroatoms. The van der Waals surface area contributed by atoms with Crippen LogP contribution in [0, 0.1) is 0 Å². The Kier molecular flexibility index (Phi) is 3.49. The SMILES string of the molecule is FC(F)(F)c1ccc(-n2cc3c(CBr)cccc3n2)cc1. The summed E-state index contributed by atoms with van der Waals surface area (Å²) >= 11 is 3.41. The molecule has 3 aromatic rings. The van der Waals surface area contributed by atoms with Crippen LogP contribution in [-0.2, 0) is 11.5 Å². The zero-order chi connectivity index (χ0) is 15.0. The molecule has 3 rings (SSSR count). The van der Waals surface area contributed by atoms with Gasteiger partial charge in [-0.05, 0) is 35.9 Å². The van der Waals surface area contributed by atoms with Crippen LogP contribution in [0.5, 0.6) is 0 Å². The van der Waals surface area contributed by atoms with E-state index in [0.717, 1.165) is 28.6 Å². The predicted molar refractivity (Wildman–Crippen MR) is 78.7 cm³/mol. The first-order valence-electron chi connectivity index (χ1n) is 6.20. The number of hydrogen-bond acceptors (Lipinski definition) is 1. The van der Waals surface area contributed by atoms with E-state index in [2.05, 4.69) is 21.0 Å². The summed E-state index contributed by atoms with van der Waals surface area (Å²) in [6.07, 6.45) is -2.50. The maximum atomic E-state index is 12.6. The van der Waals surface area contributed by atoms with Crippen LogP contribution in [-0.4, -0.2) is 9.78 Å². The highest BCUT2D eigenvalue weighted by atomic mass is 79.9. The van der Waals surface area contributed by atoms with Crippen LogP contribution < -0.4 is 0 Å². The first-order valence-corrected chi connectivity index (χ1v) is 7.32. The standard InChI is InChI=1S/C15H10BrF3N2/c16-8-10-2-1-3-14-13(10)9-21(20-14)12-6-4-11(5-7-12)15(17,18)19/h1-7,9H,8H2. The van der Waals surface area contributed by atoms with Gasteiger partial charge in [0.25, 0.3) is 0 Å². The van der Waals surface area contributed by atoms with Gasteiger partial charge in [0, 0.05) is 16.9 Å². The molecule has 0 saturated heterocycles. The van der Waals surface area contributed by atoms with Gasteiger partial charge in [0.05, 0.1) is 16.8 Å². The van der Waals surface area contributed by atoms with Crippen LogP contribution in [0.3, 0.4) is 0 Å². The zero-order valence-electron chi connectivity index (χ0n) is 10.7. The Morgan fingerprint density at radius 3 is 2.38 bits per heavy atom. The molecule has 0 saturated carbocycles. The lowest BCUT2D eigenvalue weighted by Crippen LogP contribution is -2.05. The Bertz CT molecular complexity index is 776. The fourth-order valence-corrected chi connectivity index (χ4v) is 2.64. The average molecular weight is 355 g/mol. The summed E-state index contributed by atoms with van der Waals surface area (Å²) < 4.78 is 39.3. The molecule has 0 bridgehead atoms. The van der Waals surface area contributed by atoms with Crippen molar-refractivity contribution in [2.75, 3.05) is 0 Å². The smallest absolute Gasteiger partial charge is 0.240 e. The molecule has 0 atom stereocenters. The molecule has 0 amide bonds. The second-order valence-corrected chi connectivity index (χ2v) is 5.16. The van der Waals surface area contributed by atoms with Crippen LogP contribution in [0.15, 0.2) is 48.7 Å². The Morgan fingerprint density at radius 1 is 1.05 bits per heavy atom. The van der Waals surface area contributed by atoms with Gasteiger partial charge in [-0.1, -0.05) is 28.1 Å². The van der Waals surface area contributed by atoms with E-state index < -0.39 is 11.7 Å². The van der Waals surface area contributed by atoms with Gasteiger partial charge >= 0.3 is 6.18 Å². The molecule has 108 valence electrons. The average Bonchev–Trinajstić information content (AvgIpc) is 2.90. The Hall–Kier alpha value is -1.82. The molecule has 0 aliphatic carbocycles. The highest BCUT2D eigenvalue weighted by Gasteiger charge is 2.30. The first kappa shape index (κ1) is 14.1. The van der Waals surface area contributed by atoms with Crippen molar-refractivity contribution in [1.29, 1.82) is 0 Å². The van der Waals surface area contributed by atoms with E-state index in [0.29, 0.717) is 11.0 Å². The van der Waals surface area contributed by atoms with Crippen LogP contribution in [0.25, 0.3) is 16.6 Å². The Balaban J connectivity index is 2.04. The third-order valence-corrected chi connectivity index (χ3v) is 3.85. The molecule has 0 fully saturated rings. The van der Waals surface area contributed by atoms with Crippen molar-refractivity contribution in [1.82, 2.24) is 9.78 Å². The fourth-order valence-electron chi connectivity index (χ4n) is 2.15. The van der Waals surface area contributed by atoms with Gasteiger partial charge in [-0.2, -0.15) is 18.3 Å². The molecule has 2 aromatic carbocycles. The number of hydrogen-bond donors (Lipinski definition) is 0. The number of aromatic nitrogens is 2. The molecule has 0 N–H and O–H groups in total. The molecule has 0 aliphatic heterocycles. The van der Waals surface area contributed by atoms with Crippen molar-refractivity contribution < 1.29 is 13.2 Å². The van der Waals surface area contributed by atoms with E-state index in [1.54, 1.807) is 4.68 Å². The summed E-state index contributed by atoms with van der Waals surface area (Å²) in [6, 6.07) is 10.7. The van der Waals surface area contributed by atoms with Gasteiger partial charge in [0.15, 0.2) is 0 Å². The summed E-state index contributed by atoms with van der Waals surface area (Å²) in [7, 11) is 0. The van der Waals surface area contributed by atoms with Gasteiger partial charge in [-0.3, -0.25) is 0 Å². The Labute approximate surface area is 127 Å². The van der Waals surface area contributed by atoms with E-state index in [1.165, 1.54) is 12.1 Å². The summed E-state index contributed by atoms with van der Waals surface area (Å²) in [5, 5.41) is 6.08. The summed E-state index contributed by atoms with van der Waals surface area (Å²) in [5.74, 6) is 0. The van der Waals surface area contributed by atoms with Crippen LogP contribution >= 0.6 is 15.9 Å². The lowest BCUT2D eigenvalue weighted by molar-refractivity contribution is -0.137. The quantitative estimate of drug-likeness (QED) is 0.596. The summed E-state index contributed by atoms with van der Waals surface area (Å²) in [4.78, 5) is 0.